The van der Waals surface area contributed by atoms with Crippen molar-refractivity contribution in [1.82, 2.24) is 10.2 Å². The summed E-state index contributed by atoms with van der Waals surface area (Å²) in [6.45, 7) is 3.70. The van der Waals surface area contributed by atoms with Gasteiger partial charge in [0.1, 0.15) is 0 Å². The molecule has 0 aromatic rings. The molecule has 0 saturated heterocycles. The molecule has 1 fully saturated rings. The van der Waals surface area contributed by atoms with Crippen molar-refractivity contribution in [3.63, 3.8) is 0 Å². The largest absolute Gasteiger partial charge is 0.481 e. The van der Waals surface area contributed by atoms with Crippen LogP contribution >= 0.6 is 0 Å². The van der Waals surface area contributed by atoms with Crippen molar-refractivity contribution in [3.8, 4) is 0 Å². The van der Waals surface area contributed by atoms with Gasteiger partial charge in [-0.05, 0) is 38.5 Å². The Morgan fingerprint density at radius 2 is 1.76 bits per heavy atom. The van der Waals surface area contributed by atoms with Crippen LogP contribution < -0.4 is 5.32 Å². The van der Waals surface area contributed by atoms with Crippen LogP contribution in [0.25, 0.3) is 0 Å². The van der Waals surface area contributed by atoms with Crippen LogP contribution in [0.3, 0.4) is 0 Å². The number of carboxylic acids is 1. The lowest BCUT2D eigenvalue weighted by molar-refractivity contribution is -0.139. The van der Waals surface area contributed by atoms with Crippen LogP contribution in [-0.4, -0.2) is 73.2 Å². The van der Waals surface area contributed by atoms with E-state index in [0.717, 1.165) is 25.7 Å². The van der Waals surface area contributed by atoms with Crippen molar-refractivity contribution in [3.05, 3.63) is 11.6 Å². The molecular formula is C20H30N2O7. The molecule has 1 saturated carbocycles. The Hall–Kier alpha value is -2.26. The molecule has 9 heteroatoms. The Balaban J connectivity index is 1.52. The zero-order chi connectivity index (χ0) is 21.2. The fourth-order valence-corrected chi connectivity index (χ4v) is 3.55. The third-order valence-electron chi connectivity index (χ3n) is 5.22. The first-order valence-electron chi connectivity index (χ1n) is 10.1. The molecule has 0 radical (unpaired) electrons. The lowest BCUT2D eigenvalue weighted by Gasteiger charge is -2.30. The number of imide groups is 1. The molecule has 2 aliphatic rings. The number of carboxylic acid groups (broad SMARTS) is 1. The van der Waals surface area contributed by atoms with Crippen LogP contribution in [0.15, 0.2) is 11.6 Å². The molecule has 0 spiro atoms. The van der Waals surface area contributed by atoms with Crippen molar-refractivity contribution in [2.45, 2.75) is 39.0 Å². The van der Waals surface area contributed by atoms with Crippen LogP contribution in [0.2, 0.25) is 0 Å². The molecule has 3 amide bonds. The Bertz CT molecular complexity index is 639. The standard InChI is InChI=1S/C20H30N2O7/c1-14-12-17(23)22(20(14)27)13-15-2-4-16(5-3-15)19(26)21-7-9-29-11-10-28-8-6-18(24)25/h12,15-16H,2-11,13H2,1H3,(H,21,26)(H,24,25). The number of rotatable bonds is 12. The first-order chi connectivity index (χ1) is 13.9. The molecule has 1 heterocycles. The van der Waals surface area contributed by atoms with Crippen LogP contribution in [0.4, 0.5) is 0 Å². The van der Waals surface area contributed by atoms with Gasteiger partial charge in [-0.25, -0.2) is 0 Å². The van der Waals surface area contributed by atoms with E-state index in [0.29, 0.717) is 38.5 Å². The van der Waals surface area contributed by atoms with Crippen LogP contribution in [-0.2, 0) is 28.7 Å². The molecule has 1 aliphatic carbocycles. The van der Waals surface area contributed by atoms with Gasteiger partial charge in [-0.1, -0.05) is 0 Å². The lowest BCUT2D eigenvalue weighted by Crippen LogP contribution is -2.39. The molecular weight excluding hydrogens is 380 g/mol. The summed E-state index contributed by atoms with van der Waals surface area (Å²) < 4.78 is 10.4. The lowest BCUT2D eigenvalue weighted by atomic mass is 9.81. The van der Waals surface area contributed by atoms with E-state index < -0.39 is 5.97 Å². The molecule has 2 N–H and O–H groups in total. The van der Waals surface area contributed by atoms with Gasteiger partial charge < -0.3 is 19.9 Å². The average molecular weight is 410 g/mol. The molecule has 2 rings (SSSR count). The summed E-state index contributed by atoms with van der Waals surface area (Å²) in [4.78, 5) is 47.7. The Morgan fingerprint density at radius 3 is 2.34 bits per heavy atom. The Labute approximate surface area is 170 Å². The number of nitrogens with one attached hydrogen (secondary N) is 1. The maximum atomic E-state index is 12.3. The monoisotopic (exact) mass is 410 g/mol. The smallest absolute Gasteiger partial charge is 0.305 e. The van der Waals surface area contributed by atoms with Gasteiger partial charge in [0.2, 0.25) is 5.91 Å². The number of aliphatic carboxylic acids is 1. The number of carbonyl (C=O) groups is 4. The molecule has 0 aromatic heterocycles. The second-order valence-electron chi connectivity index (χ2n) is 7.46. The highest BCUT2D eigenvalue weighted by Gasteiger charge is 2.33. The summed E-state index contributed by atoms with van der Waals surface area (Å²) >= 11 is 0. The molecule has 0 unspecified atom stereocenters. The fraction of sp³-hybridized carbons (Fsp3) is 0.700. The fourth-order valence-electron chi connectivity index (χ4n) is 3.55. The van der Waals surface area contributed by atoms with Crippen molar-refractivity contribution in [1.29, 1.82) is 0 Å². The van der Waals surface area contributed by atoms with E-state index in [9.17, 15) is 19.2 Å². The molecule has 162 valence electrons. The van der Waals surface area contributed by atoms with Crippen molar-refractivity contribution < 1.29 is 33.8 Å². The van der Waals surface area contributed by atoms with Crippen LogP contribution in [0.5, 0.6) is 0 Å². The first kappa shape index (κ1) is 23.0. The molecule has 0 aromatic carbocycles. The molecule has 0 bridgehead atoms. The number of nitrogens with zero attached hydrogens (tertiary/aromatic N) is 1. The van der Waals surface area contributed by atoms with Crippen molar-refractivity contribution >= 4 is 23.7 Å². The quantitative estimate of drug-likeness (QED) is 0.359. The summed E-state index contributed by atoms with van der Waals surface area (Å²) in [5.41, 5.74) is 0.483. The Kier molecular flexibility index (Phi) is 9.27. The molecule has 9 nitrogen and oxygen atoms in total. The topological polar surface area (TPSA) is 122 Å². The number of ether oxygens (including phenoxy) is 2. The highest BCUT2D eigenvalue weighted by molar-refractivity contribution is 6.15. The van der Waals surface area contributed by atoms with E-state index in [1.54, 1.807) is 6.92 Å². The highest BCUT2D eigenvalue weighted by Crippen LogP contribution is 2.30. The zero-order valence-electron chi connectivity index (χ0n) is 16.9. The van der Waals surface area contributed by atoms with Gasteiger partial charge in [-0.3, -0.25) is 24.1 Å². The highest BCUT2D eigenvalue weighted by atomic mass is 16.5. The first-order valence-corrected chi connectivity index (χ1v) is 10.1. The van der Waals surface area contributed by atoms with E-state index in [-0.39, 0.29) is 42.6 Å². The molecule has 29 heavy (non-hydrogen) atoms. The summed E-state index contributed by atoms with van der Waals surface area (Å²) in [7, 11) is 0. The normalized spacial score (nSPS) is 22.0. The van der Waals surface area contributed by atoms with Crippen LogP contribution in [0.1, 0.15) is 39.0 Å². The molecule has 0 atom stereocenters. The van der Waals surface area contributed by atoms with E-state index in [4.69, 9.17) is 14.6 Å². The van der Waals surface area contributed by atoms with Gasteiger partial charge >= 0.3 is 5.97 Å². The average Bonchev–Trinajstić information content (AvgIpc) is 2.93. The minimum atomic E-state index is -0.896. The second kappa shape index (κ2) is 11.7. The number of hydrogen-bond acceptors (Lipinski definition) is 6. The predicted octanol–water partition coefficient (Wildman–Crippen LogP) is 0.732. The number of hydrogen-bond donors (Lipinski definition) is 2. The third kappa shape index (κ3) is 7.58. The van der Waals surface area contributed by atoms with Crippen molar-refractivity contribution in [2.24, 2.45) is 11.8 Å². The second-order valence-corrected chi connectivity index (χ2v) is 7.46. The zero-order valence-corrected chi connectivity index (χ0v) is 16.9. The maximum absolute atomic E-state index is 12.3. The summed E-state index contributed by atoms with van der Waals surface area (Å²) in [6.07, 6.45) is 4.48. The summed E-state index contributed by atoms with van der Waals surface area (Å²) in [5, 5.41) is 11.3. The van der Waals surface area contributed by atoms with Gasteiger partial charge in [-0.15, -0.1) is 0 Å². The van der Waals surface area contributed by atoms with Gasteiger partial charge in [0, 0.05) is 30.7 Å². The number of amides is 3. The van der Waals surface area contributed by atoms with E-state index in [1.807, 2.05) is 0 Å². The molecule has 1 aliphatic heterocycles. The maximum Gasteiger partial charge on any atom is 0.305 e. The van der Waals surface area contributed by atoms with Crippen LogP contribution in [0, 0.1) is 11.8 Å². The van der Waals surface area contributed by atoms with Gasteiger partial charge in [0.15, 0.2) is 0 Å². The predicted molar refractivity (Wildman–Crippen MR) is 103 cm³/mol. The van der Waals surface area contributed by atoms with Gasteiger partial charge in [0.25, 0.3) is 11.8 Å². The summed E-state index contributed by atoms with van der Waals surface area (Å²) in [6, 6.07) is 0. The van der Waals surface area contributed by atoms with E-state index in [2.05, 4.69) is 5.32 Å². The SMILES string of the molecule is CC1=CC(=O)N(CC2CCC(C(=O)NCCOCCOCCC(=O)O)CC2)C1=O. The van der Waals surface area contributed by atoms with E-state index >= 15 is 0 Å². The summed E-state index contributed by atoms with van der Waals surface area (Å²) in [5.74, 6) is -1.13. The van der Waals surface area contributed by atoms with E-state index in [1.165, 1.54) is 11.0 Å². The minimum Gasteiger partial charge on any atom is -0.481 e. The van der Waals surface area contributed by atoms with Gasteiger partial charge in [0.05, 0.1) is 32.8 Å². The van der Waals surface area contributed by atoms with Crippen molar-refractivity contribution in [2.75, 3.05) is 39.5 Å². The Morgan fingerprint density at radius 1 is 1.10 bits per heavy atom. The number of carbonyl (C=O) groups excluding carboxylic acids is 3. The van der Waals surface area contributed by atoms with Gasteiger partial charge in [-0.2, -0.15) is 0 Å². The third-order valence-corrected chi connectivity index (χ3v) is 5.22. The minimum absolute atomic E-state index is 0.00981.